The van der Waals surface area contributed by atoms with E-state index in [1.807, 2.05) is 6.92 Å². The third kappa shape index (κ3) is 5.44. The van der Waals surface area contributed by atoms with Gasteiger partial charge in [-0.05, 0) is 12.1 Å². The van der Waals surface area contributed by atoms with Gasteiger partial charge in [0.05, 0.1) is 12.9 Å². The average molecular weight is 273 g/mol. The predicted octanol–water partition coefficient (Wildman–Crippen LogP) is 0.119. The third-order valence-corrected chi connectivity index (χ3v) is 3.63. The Bertz CT molecular complexity index is 445. The molecule has 1 aromatic heterocycles. The lowest BCUT2D eigenvalue weighted by atomic mass is 10.3. The fourth-order valence-electron chi connectivity index (χ4n) is 1.29. The second-order valence-corrected chi connectivity index (χ2v) is 5.63. The Morgan fingerprint density at radius 2 is 2.17 bits per heavy atom. The van der Waals surface area contributed by atoms with E-state index in [2.05, 4.69) is 15.0 Å². The Morgan fingerprint density at radius 1 is 1.39 bits per heavy atom. The van der Waals surface area contributed by atoms with Crippen molar-refractivity contribution in [1.29, 1.82) is 0 Å². The van der Waals surface area contributed by atoms with Gasteiger partial charge in [0.2, 0.25) is 15.9 Å². The molecule has 1 aromatic rings. The molecule has 0 saturated carbocycles. The van der Waals surface area contributed by atoms with Crippen LogP contribution in [0, 0.1) is 0 Å². The summed E-state index contributed by atoms with van der Waals surface area (Å²) in [6, 6.07) is 3.47. The average Bonchev–Trinajstić information content (AvgIpc) is 2.37. The van der Waals surface area contributed by atoms with Gasteiger partial charge in [-0.2, -0.15) is 0 Å². The summed E-state index contributed by atoms with van der Waals surface area (Å²) in [6.07, 6.45) is 1.59. The molecule has 0 amide bonds. The molecule has 6 nitrogen and oxygen atoms in total. The van der Waals surface area contributed by atoms with Crippen molar-refractivity contribution in [2.45, 2.75) is 13.5 Å². The minimum Gasteiger partial charge on any atom is -0.481 e. The second-order valence-electron chi connectivity index (χ2n) is 3.70. The summed E-state index contributed by atoms with van der Waals surface area (Å²) in [5, 5.41) is 2.97. The molecule has 0 radical (unpaired) electrons. The monoisotopic (exact) mass is 273 g/mol. The van der Waals surface area contributed by atoms with Crippen molar-refractivity contribution in [2.24, 2.45) is 0 Å². The maximum Gasteiger partial charge on any atom is 0.213 e. The number of hydrogen-bond donors (Lipinski definition) is 2. The molecule has 0 aliphatic rings. The minimum atomic E-state index is -3.24. The van der Waals surface area contributed by atoms with E-state index in [1.165, 1.54) is 7.11 Å². The van der Waals surface area contributed by atoms with Gasteiger partial charge in [0.1, 0.15) is 0 Å². The molecule has 2 N–H and O–H groups in total. The molecule has 1 rings (SSSR count). The van der Waals surface area contributed by atoms with E-state index in [1.54, 1.807) is 18.3 Å². The van der Waals surface area contributed by atoms with Gasteiger partial charge >= 0.3 is 0 Å². The van der Waals surface area contributed by atoms with E-state index in [-0.39, 0.29) is 12.3 Å². The van der Waals surface area contributed by atoms with Gasteiger partial charge in [0, 0.05) is 25.4 Å². The molecule has 1 heterocycles. The smallest absolute Gasteiger partial charge is 0.213 e. The molecule has 0 spiro atoms. The molecule has 0 saturated heterocycles. The summed E-state index contributed by atoms with van der Waals surface area (Å²) in [4.78, 5) is 4.00. The number of rotatable bonds is 8. The van der Waals surface area contributed by atoms with Crippen molar-refractivity contribution in [1.82, 2.24) is 15.0 Å². The van der Waals surface area contributed by atoms with Gasteiger partial charge in [0.25, 0.3) is 0 Å². The Hall–Kier alpha value is -1.18. The first-order chi connectivity index (χ1) is 8.57. The minimum absolute atomic E-state index is 0.0738. The van der Waals surface area contributed by atoms with Gasteiger partial charge in [-0.3, -0.25) is 0 Å². The molecule has 102 valence electrons. The summed E-state index contributed by atoms with van der Waals surface area (Å²) in [5.74, 6) is 0.582. The van der Waals surface area contributed by atoms with E-state index in [0.717, 1.165) is 12.1 Å². The van der Waals surface area contributed by atoms with Crippen molar-refractivity contribution in [3.63, 3.8) is 0 Å². The zero-order valence-corrected chi connectivity index (χ0v) is 11.5. The van der Waals surface area contributed by atoms with Crippen molar-refractivity contribution in [3.8, 4) is 5.88 Å². The molecular formula is C11H19N3O3S. The molecule has 0 bridgehead atoms. The van der Waals surface area contributed by atoms with Crippen LogP contribution in [0.15, 0.2) is 18.3 Å². The maximum absolute atomic E-state index is 11.6. The lowest BCUT2D eigenvalue weighted by Crippen LogP contribution is -2.31. The summed E-state index contributed by atoms with van der Waals surface area (Å²) in [7, 11) is -1.71. The highest BCUT2D eigenvalue weighted by atomic mass is 32.2. The number of pyridine rings is 1. The zero-order valence-electron chi connectivity index (χ0n) is 10.6. The topological polar surface area (TPSA) is 80.3 Å². The van der Waals surface area contributed by atoms with Crippen LogP contribution in [0.4, 0.5) is 0 Å². The van der Waals surface area contributed by atoms with Crippen LogP contribution in [-0.2, 0) is 16.6 Å². The summed E-state index contributed by atoms with van der Waals surface area (Å²) in [5.41, 5.74) is 0.794. The van der Waals surface area contributed by atoms with Crippen molar-refractivity contribution >= 4 is 10.0 Å². The molecule has 0 unspecified atom stereocenters. The highest BCUT2D eigenvalue weighted by Gasteiger charge is 2.09. The van der Waals surface area contributed by atoms with Crippen LogP contribution >= 0.6 is 0 Å². The number of hydrogen-bond acceptors (Lipinski definition) is 5. The van der Waals surface area contributed by atoms with Crippen molar-refractivity contribution in [3.05, 3.63) is 23.9 Å². The van der Waals surface area contributed by atoms with Crippen LogP contribution in [0.25, 0.3) is 0 Å². The SMILES string of the molecule is CCNCCS(=O)(=O)NCc1ccc(OC)nc1. The van der Waals surface area contributed by atoms with E-state index < -0.39 is 10.0 Å². The fourth-order valence-corrected chi connectivity index (χ4v) is 2.23. The maximum atomic E-state index is 11.6. The van der Waals surface area contributed by atoms with Crippen molar-refractivity contribution < 1.29 is 13.2 Å². The zero-order chi connectivity index (χ0) is 13.4. The Morgan fingerprint density at radius 3 is 2.72 bits per heavy atom. The lowest BCUT2D eigenvalue weighted by molar-refractivity contribution is 0.397. The first kappa shape index (κ1) is 14.9. The van der Waals surface area contributed by atoms with Crippen LogP contribution in [0.3, 0.4) is 0 Å². The molecule has 7 heteroatoms. The number of sulfonamides is 1. The van der Waals surface area contributed by atoms with Gasteiger partial charge in [-0.15, -0.1) is 0 Å². The van der Waals surface area contributed by atoms with Gasteiger partial charge in [-0.25, -0.2) is 18.1 Å². The first-order valence-corrected chi connectivity index (χ1v) is 7.39. The van der Waals surface area contributed by atoms with Crippen LogP contribution in [0.1, 0.15) is 12.5 Å². The molecular weight excluding hydrogens is 254 g/mol. The quantitative estimate of drug-likeness (QED) is 0.658. The predicted molar refractivity (Wildman–Crippen MR) is 70.0 cm³/mol. The molecule has 0 fully saturated rings. The van der Waals surface area contributed by atoms with Crippen LogP contribution in [0.5, 0.6) is 5.88 Å². The van der Waals surface area contributed by atoms with Crippen LogP contribution < -0.4 is 14.8 Å². The molecule has 0 aliphatic heterocycles. The fraction of sp³-hybridized carbons (Fsp3) is 0.545. The largest absolute Gasteiger partial charge is 0.481 e. The van der Waals surface area contributed by atoms with Gasteiger partial charge in [-0.1, -0.05) is 13.0 Å². The number of nitrogens with zero attached hydrogens (tertiary/aromatic N) is 1. The standard InChI is InChI=1S/C11H19N3O3S/c1-3-12-6-7-18(15,16)14-9-10-4-5-11(17-2)13-8-10/h4-5,8,12,14H,3,6-7,9H2,1-2H3. The number of aromatic nitrogens is 1. The molecule has 0 aromatic carbocycles. The summed E-state index contributed by atoms with van der Waals surface area (Å²) >= 11 is 0. The Kier molecular flexibility index (Phi) is 6.03. The van der Waals surface area contributed by atoms with Crippen molar-refractivity contribution in [2.75, 3.05) is 26.0 Å². The van der Waals surface area contributed by atoms with E-state index in [0.29, 0.717) is 12.4 Å². The summed E-state index contributed by atoms with van der Waals surface area (Å²) in [6.45, 7) is 3.39. The number of nitrogens with one attached hydrogen (secondary N) is 2. The number of methoxy groups -OCH3 is 1. The normalized spacial score (nSPS) is 11.4. The third-order valence-electron chi connectivity index (χ3n) is 2.30. The van der Waals surface area contributed by atoms with Crippen LogP contribution in [0.2, 0.25) is 0 Å². The molecule has 18 heavy (non-hydrogen) atoms. The van der Waals surface area contributed by atoms with E-state index in [4.69, 9.17) is 4.74 Å². The molecule has 0 atom stereocenters. The number of ether oxygens (including phenoxy) is 1. The van der Waals surface area contributed by atoms with Gasteiger partial charge < -0.3 is 10.1 Å². The first-order valence-electron chi connectivity index (χ1n) is 5.74. The highest BCUT2D eigenvalue weighted by Crippen LogP contribution is 2.06. The Balaban J connectivity index is 2.43. The van der Waals surface area contributed by atoms with Crippen LogP contribution in [-0.4, -0.2) is 39.4 Å². The second kappa shape index (κ2) is 7.30. The molecule has 0 aliphatic carbocycles. The van der Waals surface area contributed by atoms with E-state index >= 15 is 0 Å². The highest BCUT2D eigenvalue weighted by molar-refractivity contribution is 7.89. The van der Waals surface area contributed by atoms with E-state index in [9.17, 15) is 8.42 Å². The van der Waals surface area contributed by atoms with Gasteiger partial charge in [0.15, 0.2) is 0 Å². The Labute approximate surface area is 108 Å². The lowest BCUT2D eigenvalue weighted by Gasteiger charge is -2.07. The summed E-state index contributed by atoms with van der Waals surface area (Å²) < 4.78 is 30.7.